The molecule has 0 saturated heterocycles. The van der Waals surface area contributed by atoms with Crippen molar-refractivity contribution in [2.24, 2.45) is 0 Å². The first-order valence-electron chi connectivity index (χ1n) is 7.94. The summed E-state index contributed by atoms with van der Waals surface area (Å²) >= 11 is 0. The third-order valence-corrected chi connectivity index (χ3v) is 4.62. The first-order chi connectivity index (χ1) is 10.4. The molecule has 2 aromatic rings. The van der Waals surface area contributed by atoms with Crippen molar-refractivity contribution in [2.75, 3.05) is 38.0 Å². The van der Waals surface area contributed by atoms with Crippen molar-refractivity contribution in [3.8, 4) is 0 Å². The Balaban J connectivity index is 2.15. The van der Waals surface area contributed by atoms with E-state index in [9.17, 15) is 0 Å². The zero-order chi connectivity index (χ0) is 16.3. The first kappa shape index (κ1) is 16.4. The smallest absolute Gasteiger partial charge is 0.0361 e. The van der Waals surface area contributed by atoms with Crippen LogP contribution in [-0.2, 0) is 0 Å². The molecule has 0 spiro atoms. The van der Waals surface area contributed by atoms with Gasteiger partial charge in [-0.2, -0.15) is 0 Å². The summed E-state index contributed by atoms with van der Waals surface area (Å²) in [5.74, 6) is 1.00. The molecule has 0 saturated carbocycles. The molecule has 0 bridgehead atoms. The van der Waals surface area contributed by atoms with Crippen LogP contribution in [0.2, 0.25) is 0 Å². The van der Waals surface area contributed by atoms with Gasteiger partial charge in [-0.15, -0.1) is 0 Å². The molecule has 0 aliphatic rings. The highest BCUT2D eigenvalue weighted by molar-refractivity contribution is 5.48. The van der Waals surface area contributed by atoms with Crippen LogP contribution in [0.5, 0.6) is 0 Å². The Labute approximate surface area is 135 Å². The molecule has 0 aromatic heterocycles. The van der Waals surface area contributed by atoms with Gasteiger partial charge in [0, 0.05) is 39.6 Å². The Kier molecular flexibility index (Phi) is 5.12. The highest BCUT2D eigenvalue weighted by Gasteiger charge is 2.16. The van der Waals surface area contributed by atoms with Crippen LogP contribution in [0.4, 0.5) is 11.4 Å². The van der Waals surface area contributed by atoms with Crippen molar-refractivity contribution in [3.05, 3.63) is 59.7 Å². The second-order valence-electron chi connectivity index (χ2n) is 6.55. The van der Waals surface area contributed by atoms with Crippen molar-refractivity contribution in [2.45, 2.75) is 25.7 Å². The summed E-state index contributed by atoms with van der Waals surface area (Å²) in [5, 5.41) is 0. The molecular formula is C20H28N2. The third-order valence-electron chi connectivity index (χ3n) is 4.62. The Bertz CT molecular complexity index is 527. The van der Waals surface area contributed by atoms with Gasteiger partial charge in [0.15, 0.2) is 0 Å². The van der Waals surface area contributed by atoms with Crippen molar-refractivity contribution >= 4 is 11.4 Å². The van der Waals surface area contributed by atoms with E-state index in [-0.39, 0.29) is 0 Å². The molecule has 0 radical (unpaired) electrons. The van der Waals surface area contributed by atoms with E-state index >= 15 is 0 Å². The molecule has 22 heavy (non-hydrogen) atoms. The van der Waals surface area contributed by atoms with Gasteiger partial charge < -0.3 is 9.80 Å². The van der Waals surface area contributed by atoms with E-state index in [1.807, 2.05) is 0 Å². The van der Waals surface area contributed by atoms with Gasteiger partial charge in [-0.05, 0) is 47.2 Å². The predicted octanol–water partition coefficient (Wildman–Crippen LogP) is 4.73. The Morgan fingerprint density at radius 1 is 0.545 bits per heavy atom. The fourth-order valence-electron chi connectivity index (χ4n) is 2.73. The minimum Gasteiger partial charge on any atom is -0.378 e. The molecule has 0 fully saturated rings. The molecule has 0 aliphatic heterocycles. The van der Waals surface area contributed by atoms with Crippen LogP contribution < -0.4 is 9.80 Å². The molecule has 2 atom stereocenters. The quantitative estimate of drug-likeness (QED) is 0.787. The van der Waals surface area contributed by atoms with E-state index < -0.39 is 0 Å². The molecule has 118 valence electrons. The SMILES string of the molecule is CC(c1ccc(N(C)C)cc1)C(C)c1ccc(N(C)C)cc1. The Morgan fingerprint density at radius 3 is 1.05 bits per heavy atom. The molecule has 2 rings (SSSR count). The highest BCUT2D eigenvalue weighted by Crippen LogP contribution is 2.33. The van der Waals surface area contributed by atoms with E-state index in [1.165, 1.54) is 22.5 Å². The average Bonchev–Trinajstić information content (AvgIpc) is 2.53. The second kappa shape index (κ2) is 6.87. The van der Waals surface area contributed by atoms with E-state index in [4.69, 9.17) is 0 Å². The second-order valence-corrected chi connectivity index (χ2v) is 6.55. The number of hydrogen-bond donors (Lipinski definition) is 0. The molecule has 2 aromatic carbocycles. The maximum Gasteiger partial charge on any atom is 0.0361 e. The van der Waals surface area contributed by atoms with Crippen LogP contribution in [0.25, 0.3) is 0 Å². The van der Waals surface area contributed by atoms with Gasteiger partial charge in [-0.25, -0.2) is 0 Å². The number of rotatable bonds is 5. The highest BCUT2D eigenvalue weighted by atomic mass is 15.1. The molecule has 0 N–H and O–H groups in total. The average molecular weight is 296 g/mol. The fourth-order valence-corrected chi connectivity index (χ4v) is 2.73. The van der Waals surface area contributed by atoms with Gasteiger partial charge in [0.25, 0.3) is 0 Å². The molecule has 2 heteroatoms. The maximum absolute atomic E-state index is 2.31. The van der Waals surface area contributed by atoms with Gasteiger partial charge in [0.2, 0.25) is 0 Å². The van der Waals surface area contributed by atoms with Gasteiger partial charge in [-0.3, -0.25) is 0 Å². The zero-order valence-electron chi connectivity index (χ0n) is 14.7. The predicted molar refractivity (Wildman–Crippen MR) is 98.4 cm³/mol. The summed E-state index contributed by atoms with van der Waals surface area (Å²) in [5.41, 5.74) is 5.29. The van der Waals surface area contributed by atoms with Crippen molar-refractivity contribution in [1.29, 1.82) is 0 Å². The van der Waals surface area contributed by atoms with Gasteiger partial charge >= 0.3 is 0 Å². The zero-order valence-corrected chi connectivity index (χ0v) is 14.7. The monoisotopic (exact) mass is 296 g/mol. The van der Waals surface area contributed by atoms with Crippen LogP contribution in [0.15, 0.2) is 48.5 Å². The number of benzene rings is 2. The standard InChI is InChI=1S/C20H28N2/c1-15(17-7-11-19(12-8-17)21(3)4)16(2)18-9-13-20(14-10-18)22(5)6/h7-16H,1-6H3. The largest absolute Gasteiger partial charge is 0.378 e. The lowest BCUT2D eigenvalue weighted by molar-refractivity contribution is 0.624. The van der Waals surface area contributed by atoms with Crippen molar-refractivity contribution < 1.29 is 0 Å². The van der Waals surface area contributed by atoms with Crippen LogP contribution in [0.1, 0.15) is 36.8 Å². The van der Waals surface area contributed by atoms with Crippen molar-refractivity contribution in [3.63, 3.8) is 0 Å². The van der Waals surface area contributed by atoms with Crippen LogP contribution >= 0.6 is 0 Å². The summed E-state index contributed by atoms with van der Waals surface area (Å²) in [6.07, 6.45) is 0. The molecule has 0 heterocycles. The molecule has 0 amide bonds. The van der Waals surface area contributed by atoms with Gasteiger partial charge in [0.1, 0.15) is 0 Å². The summed E-state index contributed by atoms with van der Waals surface area (Å²) < 4.78 is 0. The first-order valence-corrected chi connectivity index (χ1v) is 7.94. The van der Waals surface area contributed by atoms with Crippen LogP contribution in [0, 0.1) is 0 Å². The minimum absolute atomic E-state index is 0.501. The molecule has 0 aliphatic carbocycles. The van der Waals surface area contributed by atoms with Crippen molar-refractivity contribution in [1.82, 2.24) is 0 Å². The maximum atomic E-state index is 2.31. The molecular weight excluding hydrogens is 268 g/mol. The Morgan fingerprint density at radius 2 is 0.818 bits per heavy atom. The normalized spacial score (nSPS) is 13.5. The third kappa shape index (κ3) is 3.62. The number of hydrogen-bond acceptors (Lipinski definition) is 2. The van der Waals surface area contributed by atoms with Gasteiger partial charge in [0.05, 0.1) is 0 Å². The van der Waals surface area contributed by atoms with E-state index in [0.717, 1.165) is 0 Å². The lowest BCUT2D eigenvalue weighted by Gasteiger charge is -2.23. The Hall–Kier alpha value is -1.96. The number of nitrogens with zero attached hydrogens (tertiary/aromatic N) is 2. The fraction of sp³-hybridized carbons (Fsp3) is 0.400. The lowest BCUT2D eigenvalue weighted by atomic mass is 9.84. The summed E-state index contributed by atoms with van der Waals surface area (Å²) in [6.45, 7) is 4.63. The molecule has 2 unspecified atom stereocenters. The summed E-state index contributed by atoms with van der Waals surface area (Å²) in [4.78, 5) is 4.27. The lowest BCUT2D eigenvalue weighted by Crippen LogP contribution is -2.10. The van der Waals surface area contributed by atoms with Crippen LogP contribution in [0.3, 0.4) is 0 Å². The topological polar surface area (TPSA) is 6.48 Å². The minimum atomic E-state index is 0.501. The van der Waals surface area contributed by atoms with E-state index in [2.05, 4.69) is 100 Å². The summed E-state index contributed by atoms with van der Waals surface area (Å²) in [7, 11) is 8.31. The van der Waals surface area contributed by atoms with Gasteiger partial charge in [-0.1, -0.05) is 38.1 Å². The number of anilines is 2. The van der Waals surface area contributed by atoms with E-state index in [0.29, 0.717) is 11.8 Å². The molecule has 2 nitrogen and oxygen atoms in total. The summed E-state index contributed by atoms with van der Waals surface area (Å²) in [6, 6.07) is 17.8. The van der Waals surface area contributed by atoms with E-state index in [1.54, 1.807) is 0 Å². The van der Waals surface area contributed by atoms with Crippen LogP contribution in [-0.4, -0.2) is 28.2 Å².